The average molecular weight is 352 g/mol. The van der Waals surface area contributed by atoms with Crippen molar-refractivity contribution in [1.29, 1.82) is 0 Å². The maximum Gasteiger partial charge on any atom is 0.330 e. The average Bonchev–Trinajstić information content (AvgIpc) is 3.31. The van der Waals surface area contributed by atoms with E-state index in [1.54, 1.807) is 12.5 Å². The van der Waals surface area contributed by atoms with Crippen molar-refractivity contribution in [1.82, 2.24) is 29.5 Å². The minimum absolute atomic E-state index is 0.279. The van der Waals surface area contributed by atoms with Crippen LogP contribution in [-0.4, -0.2) is 29.5 Å². The zero-order valence-corrected chi connectivity index (χ0v) is 13.8. The molecule has 26 heavy (non-hydrogen) atoms. The predicted octanol–water partition coefficient (Wildman–Crippen LogP) is 1.49. The van der Waals surface area contributed by atoms with Crippen molar-refractivity contribution >= 4 is 11.2 Å². The normalized spacial score (nSPS) is 11.2. The van der Waals surface area contributed by atoms with Gasteiger partial charge in [-0.15, -0.1) is 0 Å². The molecule has 0 aliphatic heterocycles. The quantitative estimate of drug-likeness (QED) is 0.507. The minimum atomic E-state index is -0.450. The molecule has 0 aromatic carbocycles. The summed E-state index contributed by atoms with van der Waals surface area (Å²) >= 11 is 0. The van der Waals surface area contributed by atoms with E-state index in [1.807, 2.05) is 18.2 Å². The first kappa shape index (κ1) is 16.0. The van der Waals surface area contributed by atoms with Crippen LogP contribution in [0.15, 0.2) is 51.0 Å². The van der Waals surface area contributed by atoms with E-state index in [0.717, 1.165) is 12.1 Å². The zero-order valence-electron chi connectivity index (χ0n) is 13.8. The molecule has 0 spiro atoms. The monoisotopic (exact) mass is 352 g/mol. The van der Waals surface area contributed by atoms with Gasteiger partial charge in [0.25, 0.3) is 5.56 Å². The van der Waals surface area contributed by atoms with Gasteiger partial charge in [-0.05, 0) is 31.4 Å². The second kappa shape index (κ2) is 6.79. The van der Waals surface area contributed by atoms with Gasteiger partial charge in [0.15, 0.2) is 5.65 Å². The molecule has 0 fully saturated rings. The molecule has 4 rings (SSSR count). The number of H-pyrrole nitrogens is 2. The summed E-state index contributed by atoms with van der Waals surface area (Å²) < 4.78 is 6.63. The molecule has 9 nitrogen and oxygen atoms in total. The molecule has 4 heterocycles. The maximum absolute atomic E-state index is 12.3. The topological polar surface area (TPSA) is 122 Å². The molecule has 0 atom stereocenters. The van der Waals surface area contributed by atoms with Crippen molar-refractivity contribution in [2.75, 3.05) is 0 Å². The van der Waals surface area contributed by atoms with Gasteiger partial charge in [0, 0.05) is 12.7 Å². The van der Waals surface area contributed by atoms with Crippen LogP contribution >= 0.6 is 0 Å². The number of unbranched alkanes of at least 4 members (excludes halogenated alkanes) is 1. The Balaban J connectivity index is 1.38. The minimum Gasteiger partial charge on any atom is -0.443 e. The molecule has 0 aliphatic carbocycles. The standard InChI is InChI=1S/C17H16N6O3/c24-16-13-14(20-10-19-13)22-17(25)23(16)8-4-2-5-11-9-26-15(21-11)12-6-1-3-7-18-12/h1,3,6-7,9-10H,2,4-5,8H2,(H,19,20)(H,22,25). The molecule has 132 valence electrons. The molecule has 0 amide bonds. The first-order valence-electron chi connectivity index (χ1n) is 8.24. The lowest BCUT2D eigenvalue weighted by atomic mass is 10.2. The summed E-state index contributed by atoms with van der Waals surface area (Å²) in [7, 11) is 0. The Hall–Kier alpha value is -3.49. The van der Waals surface area contributed by atoms with Gasteiger partial charge in [-0.2, -0.15) is 0 Å². The second-order valence-corrected chi connectivity index (χ2v) is 5.83. The van der Waals surface area contributed by atoms with Gasteiger partial charge in [-0.25, -0.2) is 14.8 Å². The third-order valence-corrected chi connectivity index (χ3v) is 4.07. The molecule has 9 heteroatoms. The molecule has 0 radical (unpaired) electrons. The third-order valence-electron chi connectivity index (χ3n) is 4.07. The van der Waals surface area contributed by atoms with Gasteiger partial charge < -0.3 is 9.40 Å². The van der Waals surface area contributed by atoms with Crippen LogP contribution in [0.1, 0.15) is 18.5 Å². The molecule has 0 saturated heterocycles. The van der Waals surface area contributed by atoms with Gasteiger partial charge in [-0.1, -0.05) is 6.07 Å². The Kier molecular flexibility index (Phi) is 4.18. The van der Waals surface area contributed by atoms with Crippen molar-refractivity contribution < 1.29 is 4.42 Å². The Morgan fingerprint density at radius 3 is 2.92 bits per heavy atom. The number of nitrogens with zero attached hydrogens (tertiary/aromatic N) is 4. The number of aromatic nitrogens is 6. The highest BCUT2D eigenvalue weighted by molar-refractivity contribution is 5.67. The van der Waals surface area contributed by atoms with Crippen molar-refractivity contribution in [3.05, 3.63) is 63.5 Å². The van der Waals surface area contributed by atoms with E-state index in [9.17, 15) is 9.59 Å². The molecular formula is C17H16N6O3. The van der Waals surface area contributed by atoms with E-state index in [-0.39, 0.29) is 11.2 Å². The summed E-state index contributed by atoms with van der Waals surface area (Å²) in [6.45, 7) is 0.327. The van der Waals surface area contributed by atoms with Gasteiger partial charge in [0.05, 0.1) is 12.0 Å². The lowest BCUT2D eigenvalue weighted by Crippen LogP contribution is -2.35. The zero-order chi connectivity index (χ0) is 17.9. The summed E-state index contributed by atoms with van der Waals surface area (Å²) in [5.41, 5.74) is 1.27. The Bertz CT molecular complexity index is 1140. The highest BCUT2D eigenvalue weighted by atomic mass is 16.3. The Labute approximate surface area is 146 Å². The molecule has 0 aliphatic rings. The van der Waals surface area contributed by atoms with E-state index >= 15 is 0 Å². The number of hydrogen-bond donors (Lipinski definition) is 2. The number of aryl methyl sites for hydroxylation is 1. The highest BCUT2D eigenvalue weighted by Crippen LogP contribution is 2.16. The van der Waals surface area contributed by atoms with Gasteiger partial charge >= 0.3 is 5.69 Å². The van der Waals surface area contributed by atoms with E-state index in [0.29, 0.717) is 36.5 Å². The van der Waals surface area contributed by atoms with E-state index < -0.39 is 5.69 Å². The Morgan fingerprint density at radius 1 is 1.15 bits per heavy atom. The van der Waals surface area contributed by atoms with Crippen molar-refractivity contribution in [3.63, 3.8) is 0 Å². The van der Waals surface area contributed by atoms with Crippen LogP contribution in [0.5, 0.6) is 0 Å². The first-order chi connectivity index (χ1) is 12.7. The van der Waals surface area contributed by atoms with Crippen LogP contribution in [0.4, 0.5) is 0 Å². The molecule has 0 unspecified atom stereocenters. The van der Waals surface area contributed by atoms with Crippen LogP contribution in [0, 0.1) is 0 Å². The summed E-state index contributed by atoms with van der Waals surface area (Å²) in [5.74, 6) is 0.484. The van der Waals surface area contributed by atoms with E-state index in [4.69, 9.17) is 4.42 Å². The predicted molar refractivity (Wildman–Crippen MR) is 93.6 cm³/mol. The lowest BCUT2D eigenvalue weighted by Gasteiger charge is -2.03. The molecule has 2 N–H and O–H groups in total. The molecular weight excluding hydrogens is 336 g/mol. The van der Waals surface area contributed by atoms with Crippen LogP contribution in [-0.2, 0) is 13.0 Å². The van der Waals surface area contributed by atoms with Gasteiger partial charge in [-0.3, -0.25) is 19.3 Å². The SMILES string of the molecule is O=c1[nH]c2nc[nH]c2c(=O)n1CCCCc1coc(-c2ccccn2)n1. The fourth-order valence-electron chi connectivity index (χ4n) is 2.76. The van der Waals surface area contributed by atoms with Crippen molar-refractivity contribution in [2.24, 2.45) is 0 Å². The molecule has 0 bridgehead atoms. The number of rotatable bonds is 6. The largest absolute Gasteiger partial charge is 0.443 e. The fourth-order valence-corrected chi connectivity index (χ4v) is 2.76. The van der Waals surface area contributed by atoms with E-state index in [1.165, 1.54) is 10.9 Å². The third kappa shape index (κ3) is 3.06. The van der Waals surface area contributed by atoms with Crippen LogP contribution in [0.25, 0.3) is 22.7 Å². The number of nitrogens with one attached hydrogen (secondary N) is 2. The fraction of sp³-hybridized carbons (Fsp3) is 0.235. The summed E-state index contributed by atoms with van der Waals surface area (Å²) in [4.78, 5) is 42.1. The van der Waals surface area contributed by atoms with Gasteiger partial charge in [0.1, 0.15) is 17.5 Å². The smallest absolute Gasteiger partial charge is 0.330 e. The number of imidazole rings is 1. The summed E-state index contributed by atoms with van der Waals surface area (Å²) in [6.07, 6.45) is 6.80. The maximum atomic E-state index is 12.3. The van der Waals surface area contributed by atoms with E-state index in [2.05, 4.69) is 24.9 Å². The number of hydrogen-bond acceptors (Lipinski definition) is 6. The van der Waals surface area contributed by atoms with Crippen LogP contribution < -0.4 is 11.2 Å². The lowest BCUT2D eigenvalue weighted by molar-refractivity contribution is 0.560. The number of pyridine rings is 1. The number of oxazole rings is 1. The van der Waals surface area contributed by atoms with Crippen LogP contribution in [0.2, 0.25) is 0 Å². The van der Waals surface area contributed by atoms with Crippen LogP contribution in [0.3, 0.4) is 0 Å². The van der Waals surface area contributed by atoms with Crippen molar-refractivity contribution in [3.8, 4) is 11.6 Å². The highest BCUT2D eigenvalue weighted by Gasteiger charge is 2.10. The summed E-state index contributed by atoms with van der Waals surface area (Å²) in [5, 5.41) is 0. The Morgan fingerprint density at radius 2 is 2.08 bits per heavy atom. The van der Waals surface area contributed by atoms with Crippen molar-refractivity contribution in [2.45, 2.75) is 25.8 Å². The summed E-state index contributed by atoms with van der Waals surface area (Å²) in [6, 6.07) is 5.54. The molecule has 4 aromatic rings. The van der Waals surface area contributed by atoms with Gasteiger partial charge in [0.2, 0.25) is 5.89 Å². The first-order valence-corrected chi connectivity index (χ1v) is 8.24. The number of fused-ring (bicyclic) bond motifs is 1. The second-order valence-electron chi connectivity index (χ2n) is 5.83. The number of aromatic amines is 2. The molecule has 0 saturated carbocycles. The molecule has 4 aromatic heterocycles.